The number of carbonyl (C=O) groups excluding carboxylic acids is 2. The zero-order valence-corrected chi connectivity index (χ0v) is 29.8. The number of ether oxygens (including phenoxy) is 2. The van der Waals surface area contributed by atoms with Gasteiger partial charge in [-0.15, -0.1) is 0 Å². The van der Waals surface area contributed by atoms with Gasteiger partial charge in [-0.25, -0.2) is 0 Å². The molecule has 2 saturated heterocycles. The number of carbonyl (C=O) groups is 2. The number of allylic oxidation sites excluding steroid dienone is 4. The molecule has 7 rings (SSSR count). The third-order valence-electron chi connectivity index (χ3n) is 14.2. The molecule has 7 aliphatic rings. The Labute approximate surface area is 300 Å². The van der Waals surface area contributed by atoms with E-state index in [1.54, 1.807) is 6.08 Å². The summed E-state index contributed by atoms with van der Waals surface area (Å²) in [6, 6.07) is 0. The number of hydrogen-bond donors (Lipinski definition) is 8. The first-order chi connectivity index (χ1) is 24.5. The lowest BCUT2D eigenvalue weighted by molar-refractivity contribution is -0.350. The minimum absolute atomic E-state index is 0.0895. The Morgan fingerprint density at radius 3 is 2.39 bits per heavy atom. The lowest BCUT2D eigenvalue weighted by atomic mass is 9.59. The van der Waals surface area contributed by atoms with E-state index in [9.17, 15) is 40.2 Å². The summed E-state index contributed by atoms with van der Waals surface area (Å²) < 4.78 is 12.4. The van der Waals surface area contributed by atoms with Gasteiger partial charge in [0.05, 0.1) is 36.6 Å². The summed E-state index contributed by atoms with van der Waals surface area (Å²) in [5, 5.41) is 70.2. The molecule has 2 aliphatic heterocycles. The lowest BCUT2D eigenvalue weighted by Gasteiger charge is -2.54. The molecule has 0 aromatic rings. The van der Waals surface area contributed by atoms with E-state index in [-0.39, 0.29) is 53.8 Å². The van der Waals surface area contributed by atoms with Gasteiger partial charge in [-0.05, 0) is 106 Å². The fourth-order valence-corrected chi connectivity index (χ4v) is 11.7. The fraction of sp³-hybridized carbons (Fsp3) is 0.846. The maximum Gasteiger partial charge on any atom is 0.187 e. The Bertz CT molecular complexity index is 1350. The molecule has 0 bridgehead atoms. The molecule has 4 saturated carbocycles. The summed E-state index contributed by atoms with van der Waals surface area (Å²) in [6.07, 6.45) is 7.96. The van der Waals surface area contributed by atoms with Gasteiger partial charge < -0.3 is 51.2 Å². The first kappa shape index (κ1) is 37.6. The predicted molar refractivity (Wildman–Crippen MR) is 186 cm³/mol. The highest BCUT2D eigenvalue weighted by molar-refractivity contribution is 6.02. The van der Waals surface area contributed by atoms with Crippen molar-refractivity contribution in [1.29, 1.82) is 0 Å². The van der Waals surface area contributed by atoms with Crippen molar-refractivity contribution in [2.75, 3.05) is 19.8 Å². The molecule has 12 nitrogen and oxygen atoms in total. The van der Waals surface area contributed by atoms with Gasteiger partial charge in [0.15, 0.2) is 12.1 Å². The van der Waals surface area contributed by atoms with Crippen molar-refractivity contribution in [3.8, 4) is 0 Å². The summed E-state index contributed by atoms with van der Waals surface area (Å²) >= 11 is 0. The second-order valence-corrected chi connectivity index (χ2v) is 17.3. The second-order valence-electron chi connectivity index (χ2n) is 17.3. The Hall–Kier alpha value is -1.74. The molecular weight excluding hydrogens is 656 g/mol. The van der Waals surface area contributed by atoms with E-state index >= 15 is 0 Å². The van der Waals surface area contributed by atoms with Crippen molar-refractivity contribution < 1.29 is 49.7 Å². The number of aliphatic hydroxyl groups is 6. The Morgan fingerprint density at radius 2 is 1.67 bits per heavy atom. The van der Waals surface area contributed by atoms with Crippen LogP contribution in [0.3, 0.4) is 0 Å². The summed E-state index contributed by atoms with van der Waals surface area (Å²) in [4.78, 5) is 28.4. The number of aliphatic hydroxyl groups excluding tert-OH is 5. The number of hydrogen-bond acceptors (Lipinski definition) is 12. The van der Waals surface area contributed by atoms with E-state index in [1.807, 2.05) is 6.08 Å². The van der Waals surface area contributed by atoms with Gasteiger partial charge in [0.1, 0.15) is 35.5 Å². The van der Waals surface area contributed by atoms with Crippen molar-refractivity contribution in [2.45, 2.75) is 139 Å². The molecule has 6 fully saturated rings. The van der Waals surface area contributed by atoms with Gasteiger partial charge in [-0.1, -0.05) is 38.2 Å². The Kier molecular flexibility index (Phi) is 11.2. The smallest absolute Gasteiger partial charge is 0.187 e. The number of fused-ring (bicyclic) bond motifs is 2. The highest BCUT2D eigenvalue weighted by Gasteiger charge is 2.61. The molecule has 0 aromatic heterocycles. The fourth-order valence-electron chi connectivity index (χ4n) is 11.7. The average Bonchev–Trinajstić information content (AvgIpc) is 3.60. The van der Waals surface area contributed by atoms with E-state index in [0.29, 0.717) is 38.0 Å². The summed E-state index contributed by atoms with van der Waals surface area (Å²) in [7, 11) is 0. The zero-order chi connectivity index (χ0) is 36.1. The van der Waals surface area contributed by atoms with Gasteiger partial charge in [0, 0.05) is 12.5 Å². The van der Waals surface area contributed by atoms with Crippen LogP contribution in [-0.4, -0.2) is 104 Å². The van der Waals surface area contributed by atoms with Gasteiger partial charge in [0.2, 0.25) is 0 Å². The van der Waals surface area contributed by atoms with Gasteiger partial charge in [0.25, 0.3) is 0 Å². The maximum atomic E-state index is 14.3. The van der Waals surface area contributed by atoms with Crippen LogP contribution >= 0.6 is 0 Å². The van der Waals surface area contributed by atoms with Crippen LogP contribution in [0.4, 0.5) is 0 Å². The van der Waals surface area contributed by atoms with Crippen LogP contribution < -0.4 is 11.1 Å². The normalized spacial score (nSPS) is 45.8. The van der Waals surface area contributed by atoms with Crippen LogP contribution in [0.2, 0.25) is 0 Å². The van der Waals surface area contributed by atoms with E-state index < -0.39 is 66.6 Å². The van der Waals surface area contributed by atoms with E-state index in [0.717, 1.165) is 69.9 Å². The maximum absolute atomic E-state index is 14.3. The molecule has 51 heavy (non-hydrogen) atoms. The first-order valence-corrected chi connectivity index (χ1v) is 19.8. The molecule has 0 spiro atoms. The van der Waals surface area contributed by atoms with Gasteiger partial charge in [-0.2, -0.15) is 0 Å². The largest absolute Gasteiger partial charge is 0.512 e. The second kappa shape index (κ2) is 15.2. The molecule has 0 amide bonds. The minimum Gasteiger partial charge on any atom is -0.512 e. The first-order valence-electron chi connectivity index (χ1n) is 19.8. The third-order valence-corrected chi connectivity index (χ3v) is 14.2. The minimum atomic E-state index is -2.07. The molecule has 0 radical (unpaired) electrons. The molecular formula is C39H60N2O10. The van der Waals surface area contributed by atoms with Crippen LogP contribution in [-0.2, 0) is 19.1 Å². The molecule has 9 N–H and O–H groups in total. The highest BCUT2D eigenvalue weighted by atomic mass is 16.7. The quantitative estimate of drug-likeness (QED) is 0.173. The van der Waals surface area contributed by atoms with E-state index in [2.05, 4.69) is 5.32 Å². The molecule has 12 heteroatoms. The lowest BCUT2D eigenvalue weighted by Crippen LogP contribution is -2.69. The summed E-state index contributed by atoms with van der Waals surface area (Å²) in [5.74, 6) is -2.95. The number of rotatable bonds is 9. The summed E-state index contributed by atoms with van der Waals surface area (Å²) in [6.45, 7) is 0.296. The molecule has 286 valence electrons. The molecule has 2 heterocycles. The highest BCUT2D eigenvalue weighted by Crippen LogP contribution is 2.55. The van der Waals surface area contributed by atoms with Crippen LogP contribution in [0, 0.1) is 46.8 Å². The van der Waals surface area contributed by atoms with E-state index in [4.69, 9.17) is 15.2 Å². The van der Waals surface area contributed by atoms with Crippen molar-refractivity contribution in [1.82, 2.24) is 5.32 Å². The number of piperidine rings is 1. The van der Waals surface area contributed by atoms with Crippen molar-refractivity contribution in [3.63, 3.8) is 0 Å². The zero-order valence-electron chi connectivity index (χ0n) is 29.8. The average molecular weight is 717 g/mol. The molecule has 0 aromatic carbocycles. The Morgan fingerprint density at radius 1 is 0.922 bits per heavy atom. The van der Waals surface area contributed by atoms with Crippen LogP contribution in [0.15, 0.2) is 23.5 Å². The number of nitrogens with one attached hydrogen (secondary N) is 1. The van der Waals surface area contributed by atoms with Crippen molar-refractivity contribution >= 4 is 11.6 Å². The topological polar surface area (TPSA) is 212 Å². The Balaban J connectivity index is 1.10. The monoisotopic (exact) mass is 716 g/mol. The molecule has 14 atom stereocenters. The number of nitrogens with two attached hydrogens (primary N) is 1. The predicted octanol–water partition coefficient (Wildman–Crippen LogP) is 2.15. The van der Waals surface area contributed by atoms with Crippen LogP contribution in [0.1, 0.15) is 96.3 Å². The van der Waals surface area contributed by atoms with Gasteiger partial charge in [-0.3, -0.25) is 9.59 Å². The molecule has 5 aliphatic carbocycles. The van der Waals surface area contributed by atoms with Crippen molar-refractivity contribution in [2.24, 2.45) is 52.6 Å². The van der Waals surface area contributed by atoms with E-state index in [1.165, 1.54) is 0 Å². The SMILES string of the molecule is NC1CC(C2(C[C@]3(O)[C@H](O)[C@@H](CO)O[C@H](OC4CCCC5C(=O)[C@@H]6C=C(CC7CCCC(CO)C7)C=C(O)[C@H]6C(=O)C45)[C@@H]3O)CCCC2)CCN1. The number of ketones is 2. The van der Waals surface area contributed by atoms with Crippen molar-refractivity contribution in [3.05, 3.63) is 23.5 Å². The number of Topliss-reactive ketones (excluding diaryl/α,β-unsaturated/α-hetero) is 2. The summed E-state index contributed by atoms with van der Waals surface area (Å²) in [5.41, 5.74) is 4.71. The van der Waals surface area contributed by atoms with Crippen LogP contribution in [0.5, 0.6) is 0 Å². The van der Waals surface area contributed by atoms with Crippen LogP contribution in [0.25, 0.3) is 0 Å². The standard InChI is InChI=1S/C39H60N2O10/c40-30-17-24(9-12-41-30)38(10-1-2-11-38)20-39(49)35(47)29(19-43)51-37(36(39)48)50-28-8-4-7-25-32(28)34(46)31-26(33(25)45)15-23(16-27(31)44)14-21-5-3-6-22(13-21)18-42/h15-16,21-22,24-26,28-32,35-37,41-44,47-49H,1-14,17-20,40H2/t21?,22?,24?,25?,26-,28?,29-,30?,31+,32?,35-,36+,37+,39+/m1/s1. The molecule has 7 unspecified atom stereocenters. The third kappa shape index (κ3) is 7.02. The van der Waals surface area contributed by atoms with Gasteiger partial charge >= 0.3 is 0 Å².